The molecule has 3 N–H and O–H groups in total. The fourth-order valence-corrected chi connectivity index (χ4v) is 1.79. The SMILES string of the molecule is Cc1ccc(CNC(=O)c2cccc(Cl)c2N)cn1. The first kappa shape index (κ1) is 13.4. The molecule has 4 nitrogen and oxygen atoms in total. The van der Waals surface area contributed by atoms with Gasteiger partial charge in [-0.25, -0.2) is 0 Å². The maximum Gasteiger partial charge on any atom is 0.253 e. The molecule has 1 aromatic heterocycles. The number of anilines is 1. The molecule has 5 heteroatoms. The molecule has 0 saturated heterocycles. The summed E-state index contributed by atoms with van der Waals surface area (Å²) in [5.74, 6) is -0.249. The van der Waals surface area contributed by atoms with Crippen LogP contribution in [0, 0.1) is 6.92 Å². The van der Waals surface area contributed by atoms with Crippen molar-refractivity contribution in [2.45, 2.75) is 13.5 Å². The molecular weight excluding hydrogens is 262 g/mol. The number of nitrogens with two attached hydrogens (primary N) is 1. The zero-order chi connectivity index (χ0) is 13.8. The molecule has 0 saturated carbocycles. The van der Waals surface area contributed by atoms with Gasteiger partial charge in [0.05, 0.1) is 16.3 Å². The van der Waals surface area contributed by atoms with Gasteiger partial charge in [0.25, 0.3) is 5.91 Å². The topological polar surface area (TPSA) is 68.0 Å². The van der Waals surface area contributed by atoms with Crippen molar-refractivity contribution < 1.29 is 4.79 Å². The Morgan fingerprint density at radius 2 is 2.16 bits per heavy atom. The summed E-state index contributed by atoms with van der Waals surface area (Å²) in [7, 11) is 0. The van der Waals surface area contributed by atoms with Crippen LogP contribution in [0.1, 0.15) is 21.6 Å². The summed E-state index contributed by atoms with van der Waals surface area (Å²) in [6, 6.07) is 8.81. The lowest BCUT2D eigenvalue weighted by Crippen LogP contribution is -2.23. The minimum absolute atomic E-state index is 0.249. The third-order valence-corrected chi connectivity index (χ3v) is 3.05. The van der Waals surface area contributed by atoms with E-state index >= 15 is 0 Å². The molecule has 0 radical (unpaired) electrons. The van der Waals surface area contributed by atoms with Crippen LogP contribution in [-0.2, 0) is 6.54 Å². The maximum absolute atomic E-state index is 12.0. The Morgan fingerprint density at radius 3 is 2.84 bits per heavy atom. The first-order valence-electron chi connectivity index (χ1n) is 5.81. The molecule has 0 fully saturated rings. The average molecular weight is 276 g/mol. The second-order valence-electron chi connectivity index (χ2n) is 4.19. The monoisotopic (exact) mass is 275 g/mol. The van der Waals surface area contributed by atoms with Crippen LogP contribution in [0.5, 0.6) is 0 Å². The van der Waals surface area contributed by atoms with Crippen LogP contribution in [0.2, 0.25) is 5.02 Å². The summed E-state index contributed by atoms with van der Waals surface area (Å²) in [5.41, 5.74) is 8.31. The number of benzene rings is 1. The van der Waals surface area contributed by atoms with E-state index in [0.29, 0.717) is 22.8 Å². The van der Waals surface area contributed by atoms with Crippen molar-refractivity contribution in [2.75, 3.05) is 5.73 Å². The van der Waals surface area contributed by atoms with Crippen LogP contribution in [-0.4, -0.2) is 10.9 Å². The Morgan fingerprint density at radius 1 is 1.37 bits per heavy atom. The normalized spacial score (nSPS) is 10.2. The van der Waals surface area contributed by atoms with Crippen LogP contribution in [0.4, 0.5) is 5.69 Å². The summed E-state index contributed by atoms with van der Waals surface area (Å²) in [6.07, 6.45) is 1.73. The van der Waals surface area contributed by atoms with Gasteiger partial charge in [0.15, 0.2) is 0 Å². The molecule has 0 atom stereocenters. The predicted molar refractivity (Wildman–Crippen MR) is 76.0 cm³/mol. The van der Waals surface area contributed by atoms with Gasteiger partial charge in [-0.3, -0.25) is 9.78 Å². The Bertz CT molecular complexity index is 596. The Balaban J connectivity index is 2.05. The summed E-state index contributed by atoms with van der Waals surface area (Å²) >= 11 is 5.88. The van der Waals surface area contributed by atoms with Crippen molar-refractivity contribution in [3.63, 3.8) is 0 Å². The van der Waals surface area contributed by atoms with E-state index in [1.807, 2.05) is 19.1 Å². The number of nitrogens with zero attached hydrogens (tertiary/aromatic N) is 1. The number of aromatic nitrogens is 1. The van der Waals surface area contributed by atoms with Gasteiger partial charge in [-0.15, -0.1) is 0 Å². The number of nitrogens with one attached hydrogen (secondary N) is 1. The first-order valence-corrected chi connectivity index (χ1v) is 6.19. The van der Waals surface area contributed by atoms with Crippen molar-refractivity contribution in [3.05, 3.63) is 58.4 Å². The van der Waals surface area contributed by atoms with Crippen molar-refractivity contribution in [2.24, 2.45) is 0 Å². The standard InChI is InChI=1S/C14H14ClN3O/c1-9-5-6-10(7-17-9)8-18-14(19)11-3-2-4-12(15)13(11)16/h2-7H,8,16H2,1H3,(H,18,19). The molecule has 1 heterocycles. The highest BCUT2D eigenvalue weighted by molar-refractivity contribution is 6.33. The van der Waals surface area contributed by atoms with Crippen molar-refractivity contribution in [3.8, 4) is 0 Å². The van der Waals surface area contributed by atoms with Gasteiger partial charge in [0.1, 0.15) is 0 Å². The van der Waals surface area contributed by atoms with Gasteiger partial charge in [-0.05, 0) is 30.7 Å². The molecule has 1 aromatic carbocycles. The van der Waals surface area contributed by atoms with Gasteiger partial charge >= 0.3 is 0 Å². The van der Waals surface area contributed by atoms with E-state index in [4.69, 9.17) is 17.3 Å². The van der Waals surface area contributed by atoms with Crippen LogP contribution in [0.3, 0.4) is 0 Å². The van der Waals surface area contributed by atoms with Crippen LogP contribution in [0.15, 0.2) is 36.5 Å². The van der Waals surface area contributed by atoms with Gasteiger partial charge in [0, 0.05) is 18.4 Å². The third-order valence-electron chi connectivity index (χ3n) is 2.72. The highest BCUT2D eigenvalue weighted by atomic mass is 35.5. The van der Waals surface area contributed by atoms with E-state index in [1.54, 1.807) is 24.4 Å². The van der Waals surface area contributed by atoms with Crippen LogP contribution < -0.4 is 11.1 Å². The summed E-state index contributed by atoms with van der Waals surface area (Å²) in [6.45, 7) is 2.31. The molecule has 2 rings (SSSR count). The van der Waals surface area contributed by atoms with Crippen molar-refractivity contribution in [1.29, 1.82) is 0 Å². The van der Waals surface area contributed by atoms with Gasteiger partial charge < -0.3 is 11.1 Å². The smallest absolute Gasteiger partial charge is 0.253 e. The molecule has 0 aliphatic carbocycles. The first-order chi connectivity index (χ1) is 9.08. The number of para-hydroxylation sites is 1. The fraction of sp³-hybridized carbons (Fsp3) is 0.143. The second-order valence-corrected chi connectivity index (χ2v) is 4.60. The maximum atomic E-state index is 12.0. The van der Waals surface area contributed by atoms with Gasteiger partial charge in [-0.2, -0.15) is 0 Å². The number of rotatable bonds is 3. The van der Waals surface area contributed by atoms with Crippen molar-refractivity contribution >= 4 is 23.2 Å². The lowest BCUT2D eigenvalue weighted by atomic mass is 10.1. The molecular formula is C14H14ClN3O. The molecule has 0 spiro atoms. The zero-order valence-electron chi connectivity index (χ0n) is 10.5. The van der Waals surface area contributed by atoms with Gasteiger partial charge in [0.2, 0.25) is 0 Å². The Hall–Kier alpha value is -2.07. The predicted octanol–water partition coefficient (Wildman–Crippen LogP) is 2.56. The van der Waals surface area contributed by atoms with E-state index < -0.39 is 0 Å². The molecule has 0 aliphatic heterocycles. The van der Waals surface area contributed by atoms with E-state index in [1.165, 1.54) is 0 Å². The quantitative estimate of drug-likeness (QED) is 0.846. The lowest BCUT2D eigenvalue weighted by Gasteiger charge is -2.08. The van der Waals surface area contributed by atoms with E-state index in [2.05, 4.69) is 10.3 Å². The average Bonchev–Trinajstić information content (AvgIpc) is 2.41. The number of nitrogen functional groups attached to an aromatic ring is 1. The number of carbonyl (C=O) groups excluding carboxylic acids is 1. The number of hydrogen-bond donors (Lipinski definition) is 2. The molecule has 19 heavy (non-hydrogen) atoms. The summed E-state index contributed by atoms with van der Waals surface area (Å²) < 4.78 is 0. The van der Waals surface area contributed by atoms with Gasteiger partial charge in [-0.1, -0.05) is 23.7 Å². The lowest BCUT2D eigenvalue weighted by molar-refractivity contribution is 0.0952. The minimum atomic E-state index is -0.249. The number of amides is 1. The molecule has 98 valence electrons. The number of pyridine rings is 1. The second kappa shape index (κ2) is 5.71. The zero-order valence-corrected chi connectivity index (χ0v) is 11.2. The van der Waals surface area contributed by atoms with Crippen molar-refractivity contribution in [1.82, 2.24) is 10.3 Å². The highest BCUT2D eigenvalue weighted by Crippen LogP contribution is 2.22. The molecule has 1 amide bonds. The van der Waals surface area contributed by atoms with Crippen LogP contribution >= 0.6 is 11.6 Å². The van der Waals surface area contributed by atoms with Crippen LogP contribution in [0.25, 0.3) is 0 Å². The molecule has 0 bridgehead atoms. The third kappa shape index (κ3) is 3.23. The number of hydrogen-bond acceptors (Lipinski definition) is 3. The molecule has 2 aromatic rings. The molecule has 0 unspecified atom stereocenters. The Labute approximate surface area is 116 Å². The van der Waals surface area contributed by atoms with E-state index in [9.17, 15) is 4.79 Å². The molecule has 0 aliphatic rings. The summed E-state index contributed by atoms with van der Waals surface area (Å²) in [4.78, 5) is 16.2. The Kier molecular flexibility index (Phi) is 4.02. The fourth-order valence-electron chi connectivity index (χ4n) is 1.62. The van der Waals surface area contributed by atoms with E-state index in [0.717, 1.165) is 11.3 Å². The highest BCUT2D eigenvalue weighted by Gasteiger charge is 2.11. The number of aryl methyl sites for hydroxylation is 1. The van der Waals surface area contributed by atoms with E-state index in [-0.39, 0.29) is 5.91 Å². The number of halogens is 1. The number of carbonyl (C=O) groups is 1. The minimum Gasteiger partial charge on any atom is -0.397 e. The largest absolute Gasteiger partial charge is 0.397 e. The summed E-state index contributed by atoms with van der Waals surface area (Å²) in [5, 5.41) is 3.16.